The van der Waals surface area contributed by atoms with Gasteiger partial charge in [0.2, 0.25) is 5.91 Å². The Hall–Kier alpha value is -1.60. The van der Waals surface area contributed by atoms with E-state index in [0.29, 0.717) is 17.9 Å². The molecule has 0 spiro atoms. The van der Waals surface area contributed by atoms with Gasteiger partial charge in [0.25, 0.3) is 0 Å². The summed E-state index contributed by atoms with van der Waals surface area (Å²) in [5, 5.41) is 10.3. The zero-order valence-corrected chi connectivity index (χ0v) is 12.1. The topological polar surface area (TPSA) is 57.0 Å². The number of rotatable bonds is 1. The van der Waals surface area contributed by atoms with Gasteiger partial charge in [-0.1, -0.05) is 11.6 Å². The molecule has 0 radical (unpaired) electrons. The summed E-state index contributed by atoms with van der Waals surface area (Å²) in [5.41, 5.74) is 0.322. The molecular weight excluding hydrogens is 274 g/mol. The number of pyridine rings is 1. The second kappa shape index (κ2) is 4.75. The lowest BCUT2D eigenvalue weighted by atomic mass is 9.71. The van der Waals surface area contributed by atoms with Crippen molar-refractivity contribution in [2.45, 2.75) is 50.1 Å². The Morgan fingerprint density at radius 3 is 2.60 bits per heavy atom. The van der Waals surface area contributed by atoms with Gasteiger partial charge in [-0.05, 0) is 37.3 Å². The van der Waals surface area contributed by atoms with Crippen LogP contribution >= 0.6 is 11.6 Å². The van der Waals surface area contributed by atoms with Crippen molar-refractivity contribution in [1.29, 1.82) is 5.26 Å². The molecule has 0 N–H and O–H groups in total. The number of amides is 1. The predicted molar refractivity (Wildman–Crippen MR) is 75.1 cm³/mol. The lowest BCUT2D eigenvalue weighted by molar-refractivity contribution is -0.133. The minimum absolute atomic E-state index is 0.119. The number of nitrogens with zero attached hydrogens (tertiary/aromatic N) is 3. The molecular formula is C15H16ClN3O. The summed E-state index contributed by atoms with van der Waals surface area (Å²) in [6, 6.07) is 4.66. The van der Waals surface area contributed by atoms with E-state index < -0.39 is 5.41 Å². The lowest BCUT2D eigenvalue weighted by Gasteiger charge is -2.43. The van der Waals surface area contributed by atoms with Crippen LogP contribution in [0.1, 0.15) is 38.2 Å². The van der Waals surface area contributed by atoms with E-state index in [9.17, 15) is 10.1 Å². The first kappa shape index (κ1) is 13.4. The maximum Gasteiger partial charge on any atom is 0.219 e. The van der Waals surface area contributed by atoms with Crippen LogP contribution in [0.4, 0.5) is 0 Å². The summed E-state index contributed by atoms with van der Waals surface area (Å²) in [6.45, 7) is 1.62. The van der Waals surface area contributed by atoms with Crippen LogP contribution in [0.2, 0.25) is 5.02 Å². The monoisotopic (exact) mass is 289 g/mol. The molecule has 4 nitrogen and oxygen atoms in total. The number of hydrogen-bond acceptors (Lipinski definition) is 3. The normalized spacial score (nSPS) is 31.9. The van der Waals surface area contributed by atoms with Crippen molar-refractivity contribution in [2.75, 3.05) is 0 Å². The molecule has 0 saturated carbocycles. The zero-order chi connectivity index (χ0) is 14.3. The second-order valence-corrected chi connectivity index (χ2v) is 6.24. The molecule has 2 aliphatic heterocycles. The molecule has 2 fully saturated rings. The number of aromatic nitrogens is 1. The van der Waals surface area contributed by atoms with E-state index in [1.165, 1.54) is 0 Å². The van der Waals surface area contributed by atoms with Crippen LogP contribution in [-0.4, -0.2) is 27.9 Å². The Balaban J connectivity index is 1.98. The van der Waals surface area contributed by atoms with E-state index in [0.717, 1.165) is 18.4 Å². The number of carbonyl (C=O) groups excluding carboxylic acids is 1. The summed E-state index contributed by atoms with van der Waals surface area (Å²) in [5.74, 6) is 0.119. The average Bonchev–Trinajstić information content (AvgIpc) is 2.71. The molecule has 2 aliphatic rings. The van der Waals surface area contributed by atoms with Crippen molar-refractivity contribution >= 4 is 17.5 Å². The Bertz CT molecular complexity index is 581. The van der Waals surface area contributed by atoms with Gasteiger partial charge >= 0.3 is 0 Å². The minimum atomic E-state index is -0.560. The van der Waals surface area contributed by atoms with Crippen LogP contribution in [0, 0.1) is 11.3 Å². The van der Waals surface area contributed by atoms with E-state index in [2.05, 4.69) is 11.1 Å². The summed E-state index contributed by atoms with van der Waals surface area (Å²) >= 11 is 6.01. The van der Waals surface area contributed by atoms with Crippen LogP contribution in [0.15, 0.2) is 18.5 Å². The molecule has 2 atom stereocenters. The first-order chi connectivity index (χ1) is 9.55. The minimum Gasteiger partial charge on any atom is -0.337 e. The highest BCUT2D eigenvalue weighted by Crippen LogP contribution is 2.47. The summed E-state index contributed by atoms with van der Waals surface area (Å²) in [7, 11) is 0. The van der Waals surface area contributed by atoms with Crippen LogP contribution in [0.25, 0.3) is 0 Å². The van der Waals surface area contributed by atoms with Gasteiger partial charge in [0, 0.05) is 31.4 Å². The Morgan fingerprint density at radius 1 is 1.45 bits per heavy atom. The number of carbonyl (C=O) groups is 1. The van der Waals surface area contributed by atoms with Crippen LogP contribution in [0.5, 0.6) is 0 Å². The fraction of sp³-hybridized carbons (Fsp3) is 0.533. The zero-order valence-electron chi connectivity index (χ0n) is 11.3. The molecule has 3 heterocycles. The van der Waals surface area contributed by atoms with Crippen molar-refractivity contribution < 1.29 is 4.79 Å². The molecule has 2 saturated heterocycles. The molecule has 0 aliphatic carbocycles. The van der Waals surface area contributed by atoms with Gasteiger partial charge in [0.05, 0.1) is 16.5 Å². The first-order valence-electron chi connectivity index (χ1n) is 6.87. The standard InChI is InChI=1S/C15H16ClN3O/c1-10(20)19-13-2-3-14(19)6-15(5-13,9-17)11-4-12(16)8-18-7-11/h4,7-8,13-14H,2-3,5-6H2,1H3. The smallest absolute Gasteiger partial charge is 0.219 e. The van der Waals surface area contributed by atoms with Gasteiger partial charge in [0.15, 0.2) is 0 Å². The molecule has 0 aromatic carbocycles. The van der Waals surface area contributed by atoms with Crippen molar-refractivity contribution in [1.82, 2.24) is 9.88 Å². The van der Waals surface area contributed by atoms with Gasteiger partial charge < -0.3 is 4.90 Å². The number of hydrogen-bond donors (Lipinski definition) is 0. The number of halogens is 1. The molecule has 3 rings (SSSR count). The van der Waals surface area contributed by atoms with Gasteiger partial charge in [0.1, 0.15) is 0 Å². The van der Waals surface area contributed by atoms with Gasteiger partial charge in [-0.2, -0.15) is 5.26 Å². The predicted octanol–water partition coefficient (Wildman–Crippen LogP) is 2.67. The highest BCUT2D eigenvalue weighted by molar-refractivity contribution is 6.30. The van der Waals surface area contributed by atoms with Gasteiger partial charge in [-0.15, -0.1) is 0 Å². The van der Waals surface area contributed by atoms with Crippen molar-refractivity contribution in [3.05, 3.63) is 29.0 Å². The van der Waals surface area contributed by atoms with Crippen molar-refractivity contribution in [3.63, 3.8) is 0 Å². The van der Waals surface area contributed by atoms with Crippen LogP contribution < -0.4 is 0 Å². The molecule has 104 valence electrons. The molecule has 1 aromatic heterocycles. The fourth-order valence-corrected chi connectivity index (χ4v) is 4.00. The Labute approximate surface area is 123 Å². The summed E-state index contributed by atoms with van der Waals surface area (Å²) < 4.78 is 0. The third kappa shape index (κ3) is 1.97. The summed E-state index contributed by atoms with van der Waals surface area (Å²) in [6.07, 6.45) is 6.65. The third-order valence-corrected chi connectivity index (χ3v) is 4.83. The maximum atomic E-state index is 11.8. The maximum absolute atomic E-state index is 11.8. The van der Waals surface area contributed by atoms with E-state index in [-0.39, 0.29) is 18.0 Å². The molecule has 1 aromatic rings. The van der Waals surface area contributed by atoms with Crippen molar-refractivity contribution in [2.24, 2.45) is 0 Å². The summed E-state index contributed by atoms with van der Waals surface area (Å²) in [4.78, 5) is 17.8. The Kier molecular flexibility index (Phi) is 3.18. The first-order valence-corrected chi connectivity index (χ1v) is 7.25. The molecule has 5 heteroatoms. The second-order valence-electron chi connectivity index (χ2n) is 5.81. The number of piperidine rings is 1. The lowest BCUT2D eigenvalue weighted by Crippen LogP contribution is -2.50. The number of nitriles is 1. The Morgan fingerprint density at radius 2 is 2.10 bits per heavy atom. The van der Waals surface area contributed by atoms with E-state index in [4.69, 9.17) is 11.6 Å². The highest BCUT2D eigenvalue weighted by atomic mass is 35.5. The largest absolute Gasteiger partial charge is 0.337 e. The van der Waals surface area contributed by atoms with Gasteiger partial charge in [-0.25, -0.2) is 0 Å². The van der Waals surface area contributed by atoms with Crippen LogP contribution in [-0.2, 0) is 10.2 Å². The average molecular weight is 290 g/mol. The highest BCUT2D eigenvalue weighted by Gasteiger charge is 2.50. The fourth-order valence-electron chi connectivity index (χ4n) is 3.83. The third-order valence-electron chi connectivity index (χ3n) is 4.62. The molecule has 20 heavy (non-hydrogen) atoms. The van der Waals surface area contributed by atoms with E-state index >= 15 is 0 Å². The van der Waals surface area contributed by atoms with Crippen LogP contribution in [0.3, 0.4) is 0 Å². The SMILES string of the molecule is CC(=O)N1C2CCC1CC(C#N)(c1cncc(Cl)c1)C2. The number of fused-ring (bicyclic) bond motifs is 2. The quantitative estimate of drug-likeness (QED) is 0.798. The van der Waals surface area contributed by atoms with E-state index in [1.54, 1.807) is 19.3 Å². The molecule has 2 bridgehead atoms. The van der Waals surface area contributed by atoms with E-state index in [1.807, 2.05) is 11.0 Å². The molecule has 2 unspecified atom stereocenters. The van der Waals surface area contributed by atoms with Crippen molar-refractivity contribution in [3.8, 4) is 6.07 Å². The molecule has 1 amide bonds. The van der Waals surface area contributed by atoms with Gasteiger partial charge in [-0.3, -0.25) is 9.78 Å².